The second kappa shape index (κ2) is 7.44. The van der Waals surface area contributed by atoms with Crippen LogP contribution in [0.4, 0.5) is 4.79 Å². The summed E-state index contributed by atoms with van der Waals surface area (Å²) in [5, 5.41) is 0. The van der Waals surface area contributed by atoms with Crippen molar-refractivity contribution in [2.24, 2.45) is 0 Å². The van der Waals surface area contributed by atoms with Crippen LogP contribution in [0.1, 0.15) is 50.9 Å². The maximum Gasteiger partial charge on any atom is 0.519 e. The number of nitrogens with zero attached hydrogens (tertiary/aromatic N) is 1. The Morgan fingerprint density at radius 2 is 1.64 bits per heavy atom. The van der Waals surface area contributed by atoms with E-state index in [0.717, 1.165) is 12.8 Å². The topological polar surface area (TPSA) is 61.8 Å². The monoisotopic (exact) mass is 350 g/mol. The van der Waals surface area contributed by atoms with Gasteiger partial charge in [-0.15, -0.1) is 0 Å². The minimum absolute atomic E-state index is 0.163. The zero-order chi connectivity index (χ0) is 18.7. The summed E-state index contributed by atoms with van der Waals surface area (Å²) in [6.45, 7) is 8.91. The quantitative estimate of drug-likeness (QED) is 0.611. The van der Waals surface area contributed by atoms with Crippen LogP contribution < -0.4 is 4.74 Å². The molecule has 1 atom stereocenters. The Hall–Kier alpha value is -2.08. The molecule has 1 aromatic carbocycles. The average Bonchev–Trinajstić information content (AvgIpc) is 3.04. The van der Waals surface area contributed by atoms with Gasteiger partial charge in [0.15, 0.2) is 0 Å². The first-order chi connectivity index (χ1) is 11.7. The van der Waals surface area contributed by atoms with Crippen LogP contribution in [0.3, 0.4) is 0 Å². The Labute approximate surface area is 149 Å². The van der Waals surface area contributed by atoms with Gasteiger partial charge in [0, 0.05) is 19.8 Å². The number of likely N-dealkylation sites (tertiary alicyclic amines) is 1. The van der Waals surface area contributed by atoms with Crippen molar-refractivity contribution in [1.82, 2.24) is 0 Å². The Morgan fingerprint density at radius 3 is 2.12 bits per heavy atom. The van der Waals surface area contributed by atoms with Crippen molar-refractivity contribution in [3.05, 3.63) is 29.8 Å². The van der Waals surface area contributed by atoms with E-state index < -0.39 is 11.6 Å². The summed E-state index contributed by atoms with van der Waals surface area (Å²) < 4.78 is 16.5. The molecule has 6 heteroatoms. The zero-order valence-corrected chi connectivity index (χ0v) is 15.7. The van der Waals surface area contributed by atoms with Crippen LogP contribution in [0.15, 0.2) is 24.3 Å². The molecule has 0 spiro atoms. The van der Waals surface area contributed by atoms with Crippen LogP contribution in [0.5, 0.6) is 5.75 Å². The van der Waals surface area contributed by atoms with Gasteiger partial charge in [0.1, 0.15) is 11.4 Å². The molecule has 1 unspecified atom stereocenters. The van der Waals surface area contributed by atoms with E-state index in [0.29, 0.717) is 24.4 Å². The van der Waals surface area contributed by atoms with Crippen molar-refractivity contribution < 1.29 is 28.3 Å². The molecule has 1 fully saturated rings. The molecule has 0 radical (unpaired) electrons. The van der Waals surface area contributed by atoms with Crippen LogP contribution in [0, 0.1) is 0 Å². The Kier molecular flexibility index (Phi) is 5.72. The number of quaternary nitrogens is 1. The first-order valence-electron chi connectivity index (χ1n) is 8.63. The van der Waals surface area contributed by atoms with E-state index in [2.05, 4.69) is 4.74 Å². The minimum atomic E-state index is -0.535. The van der Waals surface area contributed by atoms with Gasteiger partial charge < -0.3 is 14.2 Å². The highest BCUT2D eigenvalue weighted by molar-refractivity contribution is 5.89. The summed E-state index contributed by atoms with van der Waals surface area (Å²) >= 11 is 0. The number of carbonyl (C=O) groups is 2. The first kappa shape index (κ1) is 19.2. The smallest absolute Gasteiger partial charge is 0.465 e. The fourth-order valence-electron chi connectivity index (χ4n) is 3.03. The largest absolute Gasteiger partial charge is 0.519 e. The molecular weight excluding hydrogens is 322 g/mol. The van der Waals surface area contributed by atoms with Crippen molar-refractivity contribution in [2.45, 2.75) is 52.4 Å². The molecule has 1 aliphatic heterocycles. The van der Waals surface area contributed by atoms with Gasteiger partial charge >= 0.3 is 12.1 Å². The predicted molar refractivity (Wildman–Crippen MR) is 93.3 cm³/mol. The van der Waals surface area contributed by atoms with E-state index in [-0.39, 0.29) is 16.8 Å². The van der Waals surface area contributed by atoms with Crippen molar-refractivity contribution in [2.75, 3.05) is 20.2 Å². The Bertz CT molecular complexity index is 612. The fourth-order valence-corrected chi connectivity index (χ4v) is 3.03. The SMILES string of the molecule is COC(=O)c1ccc(OC(C)[N+]2(C(=O)OC(C)(C)C)CCCC2)cc1. The molecule has 0 bridgehead atoms. The molecule has 6 nitrogen and oxygen atoms in total. The van der Waals surface area contributed by atoms with Crippen LogP contribution in [-0.2, 0) is 9.47 Å². The van der Waals surface area contributed by atoms with Gasteiger partial charge in [-0.05, 0) is 45.0 Å². The number of hydrogen-bond donors (Lipinski definition) is 0. The highest BCUT2D eigenvalue weighted by Crippen LogP contribution is 2.29. The standard InChI is InChI=1S/C19H28NO5/c1-14(24-16-10-8-15(9-11-16)17(21)23-5)20(12-6-7-13-20)18(22)25-19(2,3)4/h8-11,14H,6-7,12-13H2,1-5H3/q+1. The van der Waals surface area contributed by atoms with Crippen LogP contribution in [-0.4, -0.2) is 48.6 Å². The first-order valence-corrected chi connectivity index (χ1v) is 8.63. The van der Waals surface area contributed by atoms with Crippen LogP contribution in [0.2, 0.25) is 0 Å². The molecule has 138 valence electrons. The van der Waals surface area contributed by atoms with Crippen LogP contribution in [0.25, 0.3) is 0 Å². The molecule has 0 aromatic heterocycles. The van der Waals surface area contributed by atoms with Crippen molar-refractivity contribution in [3.63, 3.8) is 0 Å². The second-order valence-electron chi connectivity index (χ2n) is 7.40. The fraction of sp³-hybridized carbons (Fsp3) is 0.579. The number of esters is 1. The van der Waals surface area contributed by atoms with Gasteiger partial charge in [0.2, 0.25) is 6.23 Å². The molecule has 1 heterocycles. The molecule has 1 saturated heterocycles. The number of benzene rings is 1. The number of hydrogen-bond acceptors (Lipinski definition) is 5. The summed E-state index contributed by atoms with van der Waals surface area (Å²) in [5.41, 5.74) is -0.0768. The van der Waals surface area contributed by atoms with Crippen molar-refractivity contribution in [3.8, 4) is 5.75 Å². The molecule has 0 N–H and O–H groups in total. The number of carbonyl (C=O) groups excluding carboxylic acids is 2. The molecule has 0 saturated carbocycles. The third kappa shape index (κ3) is 4.51. The van der Waals surface area contributed by atoms with Crippen LogP contribution >= 0.6 is 0 Å². The minimum Gasteiger partial charge on any atom is -0.465 e. The van der Waals surface area contributed by atoms with Gasteiger partial charge in [0.05, 0.1) is 25.8 Å². The van der Waals surface area contributed by atoms with Gasteiger partial charge in [-0.25, -0.2) is 4.79 Å². The second-order valence-corrected chi connectivity index (χ2v) is 7.40. The average molecular weight is 350 g/mol. The van der Waals surface area contributed by atoms with Crippen molar-refractivity contribution >= 4 is 12.1 Å². The van der Waals surface area contributed by atoms with Crippen molar-refractivity contribution in [1.29, 1.82) is 0 Å². The lowest BCUT2D eigenvalue weighted by atomic mass is 10.2. The molecule has 2 rings (SSSR count). The Balaban J connectivity index is 2.14. The lowest BCUT2D eigenvalue weighted by Crippen LogP contribution is -2.59. The molecule has 0 aliphatic carbocycles. The Morgan fingerprint density at radius 1 is 1.08 bits per heavy atom. The lowest BCUT2D eigenvalue weighted by Gasteiger charge is -2.37. The molecule has 25 heavy (non-hydrogen) atoms. The highest BCUT2D eigenvalue weighted by Gasteiger charge is 2.49. The molecule has 1 aliphatic rings. The third-order valence-corrected chi connectivity index (χ3v) is 4.40. The van der Waals surface area contributed by atoms with E-state index >= 15 is 0 Å². The maximum atomic E-state index is 12.8. The number of rotatable bonds is 4. The van der Waals surface area contributed by atoms with Gasteiger partial charge in [0.25, 0.3) is 0 Å². The maximum absolute atomic E-state index is 12.8. The number of methoxy groups -OCH3 is 1. The lowest BCUT2D eigenvalue weighted by molar-refractivity contribution is -0.888. The van der Waals surface area contributed by atoms with Gasteiger partial charge in [-0.3, -0.25) is 0 Å². The van der Waals surface area contributed by atoms with E-state index in [4.69, 9.17) is 9.47 Å². The zero-order valence-electron chi connectivity index (χ0n) is 15.7. The summed E-state index contributed by atoms with van der Waals surface area (Å²) in [6, 6.07) is 6.72. The third-order valence-electron chi connectivity index (χ3n) is 4.40. The van der Waals surface area contributed by atoms with Gasteiger partial charge in [-0.1, -0.05) is 0 Å². The summed E-state index contributed by atoms with van der Waals surface area (Å²) in [7, 11) is 1.34. The summed E-state index contributed by atoms with van der Waals surface area (Å²) in [6.07, 6.45) is 1.31. The van der Waals surface area contributed by atoms with E-state index in [9.17, 15) is 9.59 Å². The van der Waals surface area contributed by atoms with Gasteiger partial charge in [-0.2, -0.15) is 9.28 Å². The predicted octanol–water partition coefficient (Wildman–Crippen LogP) is 3.74. The molecule has 1 aromatic rings. The van der Waals surface area contributed by atoms with E-state index in [1.165, 1.54) is 7.11 Å². The molecule has 1 amide bonds. The number of ether oxygens (including phenoxy) is 3. The molecular formula is C19H28NO5+. The normalized spacial score (nSPS) is 17.6. The number of amides is 1. The summed E-state index contributed by atoms with van der Waals surface area (Å²) in [4.78, 5) is 24.3. The van der Waals surface area contributed by atoms with E-state index in [1.54, 1.807) is 24.3 Å². The highest BCUT2D eigenvalue weighted by atomic mass is 16.6. The summed E-state index contributed by atoms with van der Waals surface area (Å²) in [5.74, 6) is 0.213. The van der Waals surface area contributed by atoms with E-state index in [1.807, 2.05) is 27.7 Å².